The summed E-state index contributed by atoms with van der Waals surface area (Å²) in [5.74, 6) is -0.781. The van der Waals surface area contributed by atoms with Gasteiger partial charge in [-0.2, -0.15) is 18.3 Å². The fourth-order valence-electron chi connectivity index (χ4n) is 1.63. The number of nitrogens with two attached hydrogens (primary N) is 1. The lowest BCUT2D eigenvalue weighted by atomic mass is 10.2. The molecule has 108 valence electrons. The second-order valence-electron chi connectivity index (χ2n) is 3.92. The van der Waals surface area contributed by atoms with Gasteiger partial charge in [0, 0.05) is 18.3 Å². The highest BCUT2D eigenvalue weighted by Crippen LogP contribution is 2.30. The minimum Gasteiger partial charge on any atom is -0.491 e. The topological polar surface area (TPSA) is 53.1 Å². The number of alkyl halides is 3. The predicted molar refractivity (Wildman–Crippen MR) is 64.1 cm³/mol. The molecule has 2 rings (SSSR count). The molecule has 0 bridgehead atoms. The SMILES string of the molecule is CCOc1cc(-n2ccc(C(F)(F)F)n2)c(N)cc1F. The quantitative estimate of drug-likeness (QED) is 0.698. The molecule has 0 aliphatic carbocycles. The highest BCUT2D eigenvalue weighted by atomic mass is 19.4. The van der Waals surface area contributed by atoms with Gasteiger partial charge in [-0.1, -0.05) is 0 Å². The van der Waals surface area contributed by atoms with E-state index in [1.165, 1.54) is 6.07 Å². The number of nitrogens with zero attached hydrogens (tertiary/aromatic N) is 2. The molecule has 1 heterocycles. The highest BCUT2D eigenvalue weighted by molar-refractivity contribution is 5.60. The largest absolute Gasteiger partial charge is 0.491 e. The van der Waals surface area contributed by atoms with Gasteiger partial charge in [0.2, 0.25) is 0 Å². The van der Waals surface area contributed by atoms with E-state index in [9.17, 15) is 17.6 Å². The monoisotopic (exact) mass is 289 g/mol. The highest BCUT2D eigenvalue weighted by Gasteiger charge is 2.33. The van der Waals surface area contributed by atoms with Gasteiger partial charge in [0.1, 0.15) is 0 Å². The van der Waals surface area contributed by atoms with Crippen LogP contribution in [-0.2, 0) is 6.18 Å². The minimum atomic E-state index is -4.55. The number of anilines is 1. The molecule has 8 heteroatoms. The van der Waals surface area contributed by atoms with Crippen molar-refractivity contribution in [3.63, 3.8) is 0 Å². The molecule has 0 amide bonds. The van der Waals surface area contributed by atoms with Crippen LogP contribution in [0.4, 0.5) is 23.2 Å². The first kappa shape index (κ1) is 14.2. The Morgan fingerprint density at radius 2 is 2.05 bits per heavy atom. The zero-order chi connectivity index (χ0) is 14.9. The third-order valence-corrected chi connectivity index (χ3v) is 2.51. The summed E-state index contributed by atoms with van der Waals surface area (Å²) < 4.78 is 56.9. The number of nitrogen functional groups attached to an aromatic ring is 1. The molecule has 0 spiro atoms. The molecule has 0 aliphatic rings. The van der Waals surface area contributed by atoms with Crippen molar-refractivity contribution in [3.8, 4) is 11.4 Å². The van der Waals surface area contributed by atoms with Crippen LogP contribution in [-0.4, -0.2) is 16.4 Å². The summed E-state index contributed by atoms with van der Waals surface area (Å²) in [6.45, 7) is 1.87. The smallest absolute Gasteiger partial charge is 0.435 e. The zero-order valence-corrected chi connectivity index (χ0v) is 10.4. The molecule has 0 atom stereocenters. The summed E-state index contributed by atoms with van der Waals surface area (Å²) in [5, 5.41) is 3.38. The van der Waals surface area contributed by atoms with Crippen molar-refractivity contribution in [2.45, 2.75) is 13.1 Å². The van der Waals surface area contributed by atoms with Gasteiger partial charge in [0.15, 0.2) is 17.3 Å². The molecule has 0 saturated carbocycles. The molecule has 0 saturated heterocycles. The number of rotatable bonds is 3. The number of hydrogen-bond acceptors (Lipinski definition) is 3. The van der Waals surface area contributed by atoms with E-state index in [0.29, 0.717) is 0 Å². The van der Waals surface area contributed by atoms with E-state index < -0.39 is 17.7 Å². The standard InChI is InChI=1S/C12H11F4N3O/c1-2-20-10-6-9(8(17)5-7(10)13)19-4-3-11(18-19)12(14,15)16/h3-6H,2,17H2,1H3. The van der Waals surface area contributed by atoms with E-state index >= 15 is 0 Å². The summed E-state index contributed by atoms with van der Waals surface area (Å²) >= 11 is 0. The maximum absolute atomic E-state index is 13.5. The molecule has 1 aromatic carbocycles. The van der Waals surface area contributed by atoms with Crippen LogP contribution in [0.25, 0.3) is 5.69 Å². The van der Waals surface area contributed by atoms with Crippen LogP contribution in [0.1, 0.15) is 12.6 Å². The van der Waals surface area contributed by atoms with E-state index in [1.54, 1.807) is 6.92 Å². The van der Waals surface area contributed by atoms with Crippen molar-refractivity contribution in [3.05, 3.63) is 35.9 Å². The molecule has 2 N–H and O–H groups in total. The molecule has 0 unspecified atom stereocenters. The van der Waals surface area contributed by atoms with Crippen LogP contribution in [0.2, 0.25) is 0 Å². The lowest BCUT2D eigenvalue weighted by Crippen LogP contribution is -2.08. The third kappa shape index (κ3) is 2.68. The molecule has 0 fully saturated rings. The number of halogens is 4. The number of benzene rings is 1. The van der Waals surface area contributed by atoms with E-state index in [4.69, 9.17) is 10.5 Å². The Balaban J connectivity index is 2.47. The van der Waals surface area contributed by atoms with E-state index in [1.807, 2.05) is 0 Å². The van der Waals surface area contributed by atoms with Crippen LogP contribution in [0, 0.1) is 5.82 Å². The Labute approximate surface area is 111 Å². The van der Waals surface area contributed by atoms with Crippen molar-refractivity contribution in [1.82, 2.24) is 9.78 Å². The first-order valence-electron chi connectivity index (χ1n) is 5.68. The normalized spacial score (nSPS) is 11.7. The summed E-state index contributed by atoms with van der Waals surface area (Å²) in [5.41, 5.74) is 4.62. The van der Waals surface area contributed by atoms with Crippen molar-refractivity contribution in [2.75, 3.05) is 12.3 Å². The second-order valence-corrected chi connectivity index (χ2v) is 3.92. The summed E-state index contributed by atoms with van der Waals surface area (Å²) in [6.07, 6.45) is -3.45. The van der Waals surface area contributed by atoms with Crippen molar-refractivity contribution < 1.29 is 22.3 Å². The average molecular weight is 289 g/mol. The maximum Gasteiger partial charge on any atom is 0.435 e. The van der Waals surface area contributed by atoms with Gasteiger partial charge >= 0.3 is 6.18 Å². The molecule has 20 heavy (non-hydrogen) atoms. The molecular formula is C12H11F4N3O. The van der Waals surface area contributed by atoms with Gasteiger partial charge in [-0.3, -0.25) is 0 Å². The van der Waals surface area contributed by atoms with E-state index in [-0.39, 0.29) is 23.7 Å². The van der Waals surface area contributed by atoms with Crippen LogP contribution >= 0.6 is 0 Å². The van der Waals surface area contributed by atoms with Crippen LogP contribution in [0.3, 0.4) is 0 Å². The molecule has 4 nitrogen and oxygen atoms in total. The summed E-state index contributed by atoms with van der Waals surface area (Å²) in [4.78, 5) is 0. The van der Waals surface area contributed by atoms with Gasteiger partial charge in [-0.05, 0) is 13.0 Å². The van der Waals surface area contributed by atoms with Gasteiger partial charge in [-0.25, -0.2) is 9.07 Å². The molecule has 2 aromatic rings. The van der Waals surface area contributed by atoms with Crippen LogP contribution in [0.5, 0.6) is 5.75 Å². The minimum absolute atomic E-state index is 0.0391. The number of aromatic nitrogens is 2. The summed E-state index contributed by atoms with van der Waals surface area (Å²) in [7, 11) is 0. The molecule has 0 radical (unpaired) electrons. The van der Waals surface area contributed by atoms with Crippen LogP contribution in [0.15, 0.2) is 24.4 Å². The molecule has 0 aliphatic heterocycles. The molecule has 1 aromatic heterocycles. The average Bonchev–Trinajstić information content (AvgIpc) is 2.81. The lowest BCUT2D eigenvalue weighted by molar-refractivity contribution is -0.141. The van der Waals surface area contributed by atoms with Crippen molar-refractivity contribution >= 4 is 5.69 Å². The lowest BCUT2D eigenvalue weighted by Gasteiger charge is -2.10. The van der Waals surface area contributed by atoms with E-state index in [2.05, 4.69) is 5.10 Å². The van der Waals surface area contributed by atoms with Crippen molar-refractivity contribution in [2.24, 2.45) is 0 Å². The Morgan fingerprint density at radius 3 is 2.60 bits per heavy atom. The first-order chi connectivity index (χ1) is 9.32. The fraction of sp³-hybridized carbons (Fsp3) is 0.250. The Morgan fingerprint density at radius 1 is 1.35 bits per heavy atom. The predicted octanol–water partition coefficient (Wildman–Crippen LogP) is 3.01. The first-order valence-corrected chi connectivity index (χ1v) is 5.68. The van der Waals surface area contributed by atoms with Crippen molar-refractivity contribution in [1.29, 1.82) is 0 Å². The molecular weight excluding hydrogens is 278 g/mol. The maximum atomic E-state index is 13.5. The Hall–Kier alpha value is -2.25. The number of ether oxygens (including phenoxy) is 1. The van der Waals surface area contributed by atoms with Gasteiger partial charge < -0.3 is 10.5 Å². The summed E-state index contributed by atoms with van der Waals surface area (Å²) in [6, 6.07) is 3.00. The van der Waals surface area contributed by atoms with E-state index in [0.717, 1.165) is 23.0 Å². The fourth-order valence-corrected chi connectivity index (χ4v) is 1.63. The van der Waals surface area contributed by atoms with Gasteiger partial charge in [0.05, 0.1) is 18.0 Å². The third-order valence-electron chi connectivity index (χ3n) is 2.51. The van der Waals surface area contributed by atoms with Gasteiger partial charge in [0.25, 0.3) is 0 Å². The Bertz CT molecular complexity index is 622. The number of hydrogen-bond donors (Lipinski definition) is 1. The Kier molecular flexibility index (Phi) is 3.56. The second kappa shape index (κ2) is 5.03. The zero-order valence-electron chi connectivity index (χ0n) is 10.4. The van der Waals surface area contributed by atoms with Crippen LogP contribution < -0.4 is 10.5 Å². The van der Waals surface area contributed by atoms with Gasteiger partial charge in [-0.15, -0.1) is 0 Å².